The Bertz CT molecular complexity index is 714. The molecule has 0 aliphatic carbocycles. The Labute approximate surface area is 157 Å². The summed E-state index contributed by atoms with van der Waals surface area (Å²) in [4.78, 5) is 12.2. The zero-order valence-corrected chi connectivity index (χ0v) is 16.5. The molecule has 3 heteroatoms. The van der Waals surface area contributed by atoms with Gasteiger partial charge in [-0.1, -0.05) is 48.9 Å². The standard InChI is InChI=1S/C23H30O3/c1-16-6-8-18(9-7-16)17(2)14-20(15-23(3,4)22(25)26-5)19-10-12-21(24)13-11-19/h6-13,17,20,24H,14-15H2,1-5H3. The van der Waals surface area contributed by atoms with Crippen molar-refractivity contribution >= 4 is 5.97 Å². The van der Waals surface area contributed by atoms with Crippen molar-refractivity contribution in [1.82, 2.24) is 0 Å². The van der Waals surface area contributed by atoms with Gasteiger partial charge in [-0.2, -0.15) is 0 Å². The number of rotatable bonds is 7. The molecule has 0 fully saturated rings. The Morgan fingerprint density at radius 1 is 1.04 bits per heavy atom. The van der Waals surface area contributed by atoms with Gasteiger partial charge in [0.15, 0.2) is 0 Å². The topological polar surface area (TPSA) is 46.5 Å². The van der Waals surface area contributed by atoms with E-state index in [2.05, 4.69) is 38.1 Å². The first-order valence-electron chi connectivity index (χ1n) is 9.17. The average Bonchev–Trinajstić information content (AvgIpc) is 2.61. The Balaban J connectivity index is 2.26. The van der Waals surface area contributed by atoms with Gasteiger partial charge >= 0.3 is 5.97 Å². The Kier molecular flexibility index (Phi) is 6.47. The van der Waals surface area contributed by atoms with E-state index in [0.717, 1.165) is 12.0 Å². The summed E-state index contributed by atoms with van der Waals surface area (Å²) in [5.74, 6) is 0.624. The maximum absolute atomic E-state index is 12.2. The van der Waals surface area contributed by atoms with Crippen LogP contribution < -0.4 is 0 Å². The van der Waals surface area contributed by atoms with Crippen molar-refractivity contribution in [3.05, 3.63) is 65.2 Å². The molecule has 3 nitrogen and oxygen atoms in total. The number of phenolic OH excluding ortho intramolecular Hbond substituents is 1. The van der Waals surface area contributed by atoms with Crippen molar-refractivity contribution in [2.45, 2.75) is 52.4 Å². The summed E-state index contributed by atoms with van der Waals surface area (Å²) >= 11 is 0. The molecule has 0 spiro atoms. The molecule has 0 aliphatic rings. The SMILES string of the molecule is COC(=O)C(C)(C)CC(CC(C)c1ccc(C)cc1)c1ccc(O)cc1. The van der Waals surface area contributed by atoms with Gasteiger partial charge in [-0.05, 0) is 68.7 Å². The van der Waals surface area contributed by atoms with Crippen LogP contribution in [0, 0.1) is 12.3 Å². The predicted octanol–water partition coefficient (Wildman–Crippen LogP) is 5.57. The summed E-state index contributed by atoms with van der Waals surface area (Å²) in [7, 11) is 1.44. The van der Waals surface area contributed by atoms with Crippen LogP contribution in [0.1, 0.15) is 62.1 Å². The van der Waals surface area contributed by atoms with E-state index in [4.69, 9.17) is 4.74 Å². The van der Waals surface area contributed by atoms with Crippen LogP contribution in [0.5, 0.6) is 5.75 Å². The zero-order chi connectivity index (χ0) is 19.3. The molecule has 140 valence electrons. The molecule has 2 rings (SSSR count). The van der Waals surface area contributed by atoms with Crippen molar-refractivity contribution in [3.63, 3.8) is 0 Å². The number of hydrogen-bond donors (Lipinski definition) is 1. The lowest BCUT2D eigenvalue weighted by Gasteiger charge is -2.29. The normalized spacial score (nSPS) is 13.9. The van der Waals surface area contributed by atoms with E-state index in [9.17, 15) is 9.90 Å². The molecular weight excluding hydrogens is 324 g/mol. The number of methoxy groups -OCH3 is 1. The van der Waals surface area contributed by atoms with Crippen LogP contribution >= 0.6 is 0 Å². The first-order valence-corrected chi connectivity index (χ1v) is 9.17. The van der Waals surface area contributed by atoms with E-state index >= 15 is 0 Å². The highest BCUT2D eigenvalue weighted by Gasteiger charge is 2.33. The van der Waals surface area contributed by atoms with Crippen LogP contribution in [0.2, 0.25) is 0 Å². The Morgan fingerprint density at radius 2 is 1.58 bits per heavy atom. The number of ether oxygens (including phenoxy) is 1. The Hall–Kier alpha value is -2.29. The van der Waals surface area contributed by atoms with Gasteiger partial charge in [-0.25, -0.2) is 0 Å². The van der Waals surface area contributed by atoms with E-state index in [1.807, 2.05) is 26.0 Å². The van der Waals surface area contributed by atoms with Crippen molar-refractivity contribution < 1.29 is 14.6 Å². The predicted molar refractivity (Wildman–Crippen MR) is 105 cm³/mol. The minimum atomic E-state index is -0.565. The molecule has 2 unspecified atom stereocenters. The fourth-order valence-electron chi connectivity index (χ4n) is 3.52. The molecule has 0 bridgehead atoms. The third-order valence-corrected chi connectivity index (χ3v) is 5.14. The van der Waals surface area contributed by atoms with Gasteiger partial charge in [0.1, 0.15) is 5.75 Å². The second-order valence-corrected chi connectivity index (χ2v) is 7.92. The van der Waals surface area contributed by atoms with E-state index < -0.39 is 5.41 Å². The van der Waals surface area contributed by atoms with Gasteiger partial charge in [0.2, 0.25) is 0 Å². The molecule has 0 saturated heterocycles. The van der Waals surface area contributed by atoms with Gasteiger partial charge in [-0.3, -0.25) is 4.79 Å². The van der Waals surface area contributed by atoms with Crippen LogP contribution in [-0.2, 0) is 9.53 Å². The van der Waals surface area contributed by atoms with Crippen molar-refractivity contribution in [3.8, 4) is 5.75 Å². The number of phenols is 1. The number of carbonyl (C=O) groups excluding carboxylic acids is 1. The number of aryl methyl sites for hydroxylation is 1. The third kappa shape index (κ3) is 5.10. The second kappa shape index (κ2) is 8.39. The summed E-state index contributed by atoms with van der Waals surface area (Å²) in [6.45, 7) is 8.18. The van der Waals surface area contributed by atoms with Crippen LogP contribution in [-0.4, -0.2) is 18.2 Å². The second-order valence-electron chi connectivity index (χ2n) is 7.92. The van der Waals surface area contributed by atoms with Crippen LogP contribution in [0.15, 0.2) is 48.5 Å². The molecule has 2 aromatic carbocycles. The fraction of sp³-hybridized carbons (Fsp3) is 0.435. The smallest absolute Gasteiger partial charge is 0.311 e. The van der Waals surface area contributed by atoms with E-state index in [-0.39, 0.29) is 17.6 Å². The van der Waals surface area contributed by atoms with Crippen molar-refractivity contribution in [1.29, 1.82) is 0 Å². The highest BCUT2D eigenvalue weighted by Crippen LogP contribution is 2.39. The molecule has 0 aliphatic heterocycles. The number of carbonyl (C=O) groups is 1. The maximum Gasteiger partial charge on any atom is 0.311 e. The molecule has 0 heterocycles. The highest BCUT2D eigenvalue weighted by atomic mass is 16.5. The molecule has 0 saturated carbocycles. The lowest BCUT2D eigenvalue weighted by atomic mass is 9.75. The Morgan fingerprint density at radius 3 is 2.12 bits per heavy atom. The van der Waals surface area contributed by atoms with Gasteiger partial charge in [0.25, 0.3) is 0 Å². The summed E-state index contributed by atoms with van der Waals surface area (Å²) in [5, 5.41) is 9.61. The molecule has 1 N–H and O–H groups in total. The number of aromatic hydroxyl groups is 1. The number of benzene rings is 2. The lowest BCUT2D eigenvalue weighted by molar-refractivity contribution is -0.151. The summed E-state index contributed by atoms with van der Waals surface area (Å²) in [6, 6.07) is 16.0. The largest absolute Gasteiger partial charge is 0.508 e. The van der Waals surface area contributed by atoms with Crippen LogP contribution in [0.4, 0.5) is 0 Å². The fourth-order valence-corrected chi connectivity index (χ4v) is 3.52. The van der Waals surface area contributed by atoms with Crippen LogP contribution in [0.3, 0.4) is 0 Å². The zero-order valence-electron chi connectivity index (χ0n) is 16.5. The quantitative estimate of drug-likeness (QED) is 0.661. The van der Waals surface area contributed by atoms with Crippen LogP contribution in [0.25, 0.3) is 0 Å². The monoisotopic (exact) mass is 354 g/mol. The average molecular weight is 354 g/mol. The molecule has 2 atom stereocenters. The number of hydrogen-bond acceptors (Lipinski definition) is 3. The van der Waals surface area contributed by atoms with E-state index in [1.165, 1.54) is 18.2 Å². The van der Waals surface area contributed by atoms with Gasteiger partial charge in [0.05, 0.1) is 12.5 Å². The molecule has 0 amide bonds. The molecular formula is C23H30O3. The first kappa shape index (κ1) is 20.0. The molecule has 0 aromatic heterocycles. The van der Waals surface area contributed by atoms with Crippen molar-refractivity contribution in [2.24, 2.45) is 5.41 Å². The third-order valence-electron chi connectivity index (χ3n) is 5.14. The lowest BCUT2D eigenvalue weighted by Crippen LogP contribution is -2.28. The molecule has 2 aromatic rings. The maximum atomic E-state index is 12.2. The van der Waals surface area contributed by atoms with Gasteiger partial charge in [0, 0.05) is 0 Å². The van der Waals surface area contributed by atoms with E-state index in [0.29, 0.717) is 12.3 Å². The summed E-state index contributed by atoms with van der Waals surface area (Å²) < 4.78 is 4.99. The number of esters is 1. The van der Waals surface area contributed by atoms with Gasteiger partial charge < -0.3 is 9.84 Å². The summed E-state index contributed by atoms with van der Waals surface area (Å²) in [6.07, 6.45) is 1.62. The van der Waals surface area contributed by atoms with Crippen molar-refractivity contribution in [2.75, 3.05) is 7.11 Å². The highest BCUT2D eigenvalue weighted by molar-refractivity contribution is 5.75. The first-order chi connectivity index (χ1) is 12.2. The van der Waals surface area contributed by atoms with Gasteiger partial charge in [-0.15, -0.1) is 0 Å². The van der Waals surface area contributed by atoms with E-state index in [1.54, 1.807) is 12.1 Å². The summed E-state index contributed by atoms with van der Waals surface area (Å²) in [5.41, 5.74) is 3.13. The molecule has 0 radical (unpaired) electrons. The molecule has 26 heavy (non-hydrogen) atoms. The minimum Gasteiger partial charge on any atom is -0.508 e. The minimum absolute atomic E-state index is 0.190.